The zero-order chi connectivity index (χ0) is 22.2. The van der Waals surface area contributed by atoms with Crippen molar-refractivity contribution in [1.29, 1.82) is 0 Å². The SMILES string of the molecule is O=c1c2c3c(sc2ncn1C1CCCC1)C[C@H](NCc1csc(Cc2ccccc2)n1)CC3. The van der Waals surface area contributed by atoms with Gasteiger partial charge in [-0.1, -0.05) is 43.2 Å². The molecule has 2 aliphatic rings. The van der Waals surface area contributed by atoms with E-state index in [1.54, 1.807) is 29.0 Å². The smallest absolute Gasteiger partial charge is 0.262 e. The lowest BCUT2D eigenvalue weighted by Gasteiger charge is -2.23. The van der Waals surface area contributed by atoms with E-state index < -0.39 is 0 Å². The fourth-order valence-electron chi connectivity index (χ4n) is 5.33. The summed E-state index contributed by atoms with van der Waals surface area (Å²) in [5, 5.41) is 7.95. The van der Waals surface area contributed by atoms with Crippen LogP contribution in [-0.2, 0) is 25.8 Å². The Morgan fingerprint density at radius 3 is 2.82 bits per heavy atom. The van der Waals surface area contributed by atoms with Crippen molar-refractivity contribution in [3.8, 4) is 0 Å². The van der Waals surface area contributed by atoms with Gasteiger partial charge in [0, 0.05) is 35.3 Å². The van der Waals surface area contributed by atoms with E-state index in [0.29, 0.717) is 12.1 Å². The topological polar surface area (TPSA) is 59.8 Å². The number of benzene rings is 1. The third kappa shape index (κ3) is 4.29. The summed E-state index contributed by atoms with van der Waals surface area (Å²) < 4.78 is 1.92. The number of thiophene rings is 1. The summed E-state index contributed by atoms with van der Waals surface area (Å²) in [5.74, 6) is 0. The predicted octanol–water partition coefficient (Wildman–Crippen LogP) is 5.27. The first kappa shape index (κ1) is 21.2. The third-order valence-corrected chi connectivity index (χ3v) is 9.14. The lowest BCUT2D eigenvalue weighted by molar-refractivity contribution is 0.459. The average molecular weight is 477 g/mol. The molecule has 3 heterocycles. The van der Waals surface area contributed by atoms with Crippen LogP contribution in [0.1, 0.15) is 64.9 Å². The van der Waals surface area contributed by atoms with E-state index in [9.17, 15) is 4.79 Å². The number of rotatable bonds is 6. The third-order valence-electron chi connectivity index (χ3n) is 7.08. The largest absolute Gasteiger partial charge is 0.308 e. The highest BCUT2D eigenvalue weighted by molar-refractivity contribution is 7.18. The molecule has 3 aromatic heterocycles. The lowest BCUT2D eigenvalue weighted by atomic mass is 9.93. The number of nitrogens with one attached hydrogen (secondary N) is 1. The van der Waals surface area contributed by atoms with Crippen LogP contribution in [0.25, 0.3) is 10.2 Å². The zero-order valence-electron chi connectivity index (χ0n) is 18.6. The van der Waals surface area contributed by atoms with Gasteiger partial charge in [-0.25, -0.2) is 9.97 Å². The monoisotopic (exact) mass is 476 g/mol. The predicted molar refractivity (Wildman–Crippen MR) is 135 cm³/mol. The fraction of sp³-hybridized carbons (Fsp3) is 0.423. The lowest BCUT2D eigenvalue weighted by Crippen LogP contribution is -2.34. The van der Waals surface area contributed by atoms with Gasteiger partial charge >= 0.3 is 0 Å². The van der Waals surface area contributed by atoms with Gasteiger partial charge in [-0.15, -0.1) is 22.7 Å². The van der Waals surface area contributed by atoms with E-state index in [1.807, 2.05) is 10.6 Å². The first-order chi connectivity index (χ1) is 16.2. The van der Waals surface area contributed by atoms with Crippen molar-refractivity contribution in [3.63, 3.8) is 0 Å². The van der Waals surface area contributed by atoms with Gasteiger partial charge in [0.15, 0.2) is 0 Å². The van der Waals surface area contributed by atoms with Gasteiger partial charge in [-0.05, 0) is 43.2 Å². The Bertz CT molecular complexity index is 1320. The number of hydrogen-bond donors (Lipinski definition) is 1. The van der Waals surface area contributed by atoms with E-state index in [-0.39, 0.29) is 5.56 Å². The van der Waals surface area contributed by atoms with Crippen LogP contribution in [0.3, 0.4) is 0 Å². The Balaban J connectivity index is 1.13. The van der Waals surface area contributed by atoms with Crippen LogP contribution >= 0.6 is 22.7 Å². The number of thiazole rings is 1. The summed E-state index contributed by atoms with van der Waals surface area (Å²) >= 11 is 3.46. The van der Waals surface area contributed by atoms with Crippen LogP contribution < -0.4 is 10.9 Å². The average Bonchev–Trinajstić information content (AvgIpc) is 3.58. The highest BCUT2D eigenvalue weighted by atomic mass is 32.1. The van der Waals surface area contributed by atoms with Crippen LogP contribution in [0.5, 0.6) is 0 Å². The van der Waals surface area contributed by atoms with Gasteiger partial charge < -0.3 is 5.32 Å². The van der Waals surface area contributed by atoms with Crippen LogP contribution in [0.15, 0.2) is 46.8 Å². The molecule has 0 radical (unpaired) electrons. The minimum atomic E-state index is 0.184. The second-order valence-corrected chi connectivity index (χ2v) is 11.3. The molecular weight excluding hydrogens is 448 g/mol. The summed E-state index contributed by atoms with van der Waals surface area (Å²) in [7, 11) is 0. The second-order valence-electron chi connectivity index (χ2n) is 9.29. The summed E-state index contributed by atoms with van der Waals surface area (Å²) in [6, 6.07) is 11.3. The van der Waals surface area contributed by atoms with Gasteiger partial charge in [-0.2, -0.15) is 0 Å². The quantitative estimate of drug-likeness (QED) is 0.412. The molecule has 1 atom stereocenters. The Kier molecular flexibility index (Phi) is 5.86. The summed E-state index contributed by atoms with van der Waals surface area (Å²) in [4.78, 5) is 25.1. The number of aryl methyl sites for hydroxylation is 1. The van der Waals surface area contributed by atoms with E-state index in [1.165, 1.54) is 28.8 Å². The molecule has 1 aromatic carbocycles. The molecule has 33 heavy (non-hydrogen) atoms. The molecular formula is C26H28N4OS2. The van der Waals surface area contributed by atoms with E-state index in [0.717, 1.165) is 66.0 Å². The maximum Gasteiger partial charge on any atom is 0.262 e. The normalized spacial score (nSPS) is 18.7. The van der Waals surface area contributed by atoms with Gasteiger partial charge in [0.1, 0.15) is 4.83 Å². The van der Waals surface area contributed by atoms with Crippen LogP contribution in [-0.4, -0.2) is 20.6 Å². The van der Waals surface area contributed by atoms with Crippen molar-refractivity contribution < 1.29 is 0 Å². The van der Waals surface area contributed by atoms with E-state index in [4.69, 9.17) is 9.97 Å². The molecule has 1 N–H and O–H groups in total. The second kappa shape index (κ2) is 9.12. The minimum absolute atomic E-state index is 0.184. The number of aromatic nitrogens is 3. The molecule has 0 amide bonds. The molecule has 7 heteroatoms. The Morgan fingerprint density at radius 1 is 1.12 bits per heavy atom. The van der Waals surface area contributed by atoms with Gasteiger partial charge in [0.2, 0.25) is 0 Å². The van der Waals surface area contributed by atoms with E-state index >= 15 is 0 Å². The number of nitrogens with zero attached hydrogens (tertiary/aromatic N) is 3. The van der Waals surface area contributed by atoms with Crippen LogP contribution in [0, 0.1) is 0 Å². The van der Waals surface area contributed by atoms with Crippen molar-refractivity contribution >= 4 is 32.9 Å². The standard InChI is InChI=1S/C26H28N4OS2/c31-26-24-21-11-10-18(13-22(21)33-25(24)28-16-30(26)20-8-4-5-9-20)27-14-19-15-32-23(29-19)12-17-6-2-1-3-7-17/h1-3,6-7,15-16,18,20,27H,4-5,8-14H2/t18-/m1/s1. The zero-order valence-corrected chi connectivity index (χ0v) is 20.3. The van der Waals surface area contributed by atoms with E-state index in [2.05, 4.69) is 35.0 Å². The first-order valence-corrected chi connectivity index (χ1v) is 13.7. The van der Waals surface area contributed by atoms with Crippen molar-refractivity contribution in [1.82, 2.24) is 19.9 Å². The highest BCUT2D eigenvalue weighted by Gasteiger charge is 2.27. The first-order valence-electron chi connectivity index (χ1n) is 12.0. The highest BCUT2D eigenvalue weighted by Crippen LogP contribution is 2.35. The van der Waals surface area contributed by atoms with Gasteiger partial charge in [0.05, 0.1) is 22.4 Å². The van der Waals surface area contributed by atoms with Crippen molar-refractivity contribution in [2.24, 2.45) is 0 Å². The molecule has 1 fully saturated rings. The Hall–Kier alpha value is -2.35. The molecule has 0 unspecified atom stereocenters. The van der Waals surface area contributed by atoms with Crippen LogP contribution in [0.4, 0.5) is 0 Å². The van der Waals surface area contributed by atoms with Crippen molar-refractivity contribution in [3.05, 3.63) is 79.1 Å². The molecule has 0 bridgehead atoms. The summed E-state index contributed by atoms with van der Waals surface area (Å²) in [6.07, 6.45) is 10.3. The minimum Gasteiger partial charge on any atom is -0.308 e. The molecule has 4 aromatic rings. The van der Waals surface area contributed by atoms with Crippen molar-refractivity contribution in [2.45, 2.75) is 70.0 Å². The number of hydrogen-bond acceptors (Lipinski definition) is 6. The molecule has 2 aliphatic carbocycles. The molecule has 170 valence electrons. The molecule has 1 saturated carbocycles. The molecule has 0 spiro atoms. The maximum absolute atomic E-state index is 13.3. The fourth-order valence-corrected chi connectivity index (χ4v) is 7.41. The molecule has 0 aliphatic heterocycles. The Morgan fingerprint density at radius 2 is 1.97 bits per heavy atom. The van der Waals surface area contributed by atoms with Crippen molar-refractivity contribution in [2.75, 3.05) is 0 Å². The molecule has 6 rings (SSSR count). The van der Waals surface area contributed by atoms with Gasteiger partial charge in [0.25, 0.3) is 5.56 Å². The molecule has 5 nitrogen and oxygen atoms in total. The van der Waals surface area contributed by atoms with Crippen LogP contribution in [0.2, 0.25) is 0 Å². The number of fused-ring (bicyclic) bond motifs is 3. The summed E-state index contributed by atoms with van der Waals surface area (Å²) in [6.45, 7) is 0.795. The molecule has 0 saturated heterocycles. The van der Waals surface area contributed by atoms with Gasteiger partial charge in [-0.3, -0.25) is 9.36 Å². The summed E-state index contributed by atoms with van der Waals surface area (Å²) in [5.41, 5.74) is 3.87. The Labute approximate surface area is 201 Å². The maximum atomic E-state index is 13.3.